The maximum Gasteiger partial charge on any atom is 0.191 e. The van der Waals surface area contributed by atoms with Crippen LogP contribution in [-0.2, 0) is 0 Å². The highest BCUT2D eigenvalue weighted by molar-refractivity contribution is 7.80. The molecule has 4 nitrogen and oxygen atoms in total. The van der Waals surface area contributed by atoms with Gasteiger partial charge in [0.2, 0.25) is 0 Å². The normalized spacial score (nSPS) is 10.2. The van der Waals surface area contributed by atoms with Crippen molar-refractivity contribution >= 4 is 29.2 Å². The topological polar surface area (TPSA) is 49.3 Å². The molecule has 0 bridgehead atoms. The number of hydrogen-bond acceptors (Lipinski definition) is 3. The number of rotatable bonds is 3. The molecule has 90 valence electrons. The minimum Gasteiger partial charge on any atom is -0.331 e. The van der Waals surface area contributed by atoms with Crippen molar-refractivity contribution in [2.75, 3.05) is 5.32 Å². The fourth-order valence-electron chi connectivity index (χ4n) is 1.30. The molecule has 0 aliphatic rings. The first-order valence-corrected chi connectivity index (χ1v) is 5.80. The first-order chi connectivity index (χ1) is 8.84. The number of aromatic nitrogens is 1. The predicted molar refractivity (Wildman–Crippen MR) is 77.6 cm³/mol. The van der Waals surface area contributed by atoms with E-state index in [1.807, 2.05) is 42.5 Å². The van der Waals surface area contributed by atoms with E-state index in [9.17, 15) is 0 Å². The van der Waals surface area contributed by atoms with Gasteiger partial charge in [0.15, 0.2) is 5.11 Å². The zero-order valence-corrected chi connectivity index (χ0v) is 10.4. The van der Waals surface area contributed by atoms with Crippen molar-refractivity contribution in [1.82, 2.24) is 10.4 Å². The molecule has 0 amide bonds. The standard InChI is InChI=1S/C13H12N4S/c18-13(16-12-6-2-1-3-7-12)17-15-10-11-5-4-8-14-9-11/h1-10H,(H2,16,17,18). The highest BCUT2D eigenvalue weighted by atomic mass is 32.1. The monoisotopic (exact) mass is 256 g/mol. The molecule has 1 aromatic heterocycles. The Labute approximate surface area is 111 Å². The molecule has 0 fully saturated rings. The second-order valence-corrected chi connectivity index (χ2v) is 3.88. The summed E-state index contributed by atoms with van der Waals surface area (Å²) in [5, 5.41) is 7.48. The number of nitrogens with one attached hydrogen (secondary N) is 2. The molecule has 0 saturated carbocycles. The van der Waals surface area contributed by atoms with Gasteiger partial charge in [-0.15, -0.1) is 0 Å². The second-order valence-electron chi connectivity index (χ2n) is 3.48. The van der Waals surface area contributed by atoms with Crippen LogP contribution in [0.25, 0.3) is 0 Å². The van der Waals surface area contributed by atoms with E-state index in [-0.39, 0.29) is 0 Å². The fraction of sp³-hybridized carbons (Fsp3) is 0. The first kappa shape index (κ1) is 12.2. The largest absolute Gasteiger partial charge is 0.331 e. The molecule has 0 unspecified atom stereocenters. The average Bonchev–Trinajstić information content (AvgIpc) is 2.41. The number of thiocarbonyl (C=S) groups is 1. The molecule has 0 aliphatic heterocycles. The lowest BCUT2D eigenvalue weighted by molar-refractivity contribution is 1.05. The molecule has 0 atom stereocenters. The van der Waals surface area contributed by atoms with Crippen LogP contribution in [0.1, 0.15) is 5.56 Å². The van der Waals surface area contributed by atoms with Crippen LogP contribution in [0, 0.1) is 0 Å². The van der Waals surface area contributed by atoms with Crippen molar-refractivity contribution in [2.24, 2.45) is 5.10 Å². The predicted octanol–water partition coefficient (Wildman–Crippen LogP) is 2.40. The van der Waals surface area contributed by atoms with Gasteiger partial charge >= 0.3 is 0 Å². The Balaban J connectivity index is 1.84. The highest BCUT2D eigenvalue weighted by Crippen LogP contribution is 2.04. The SMILES string of the molecule is S=C(NN=Cc1cccnc1)Nc1ccccc1. The van der Waals surface area contributed by atoms with Crippen molar-refractivity contribution in [3.8, 4) is 0 Å². The van der Waals surface area contributed by atoms with E-state index in [2.05, 4.69) is 20.8 Å². The maximum atomic E-state index is 5.10. The molecule has 5 heteroatoms. The van der Waals surface area contributed by atoms with E-state index in [0.29, 0.717) is 5.11 Å². The van der Waals surface area contributed by atoms with Crippen molar-refractivity contribution < 1.29 is 0 Å². The number of nitrogens with zero attached hydrogens (tertiary/aromatic N) is 2. The lowest BCUT2D eigenvalue weighted by atomic mass is 10.3. The van der Waals surface area contributed by atoms with Crippen LogP contribution in [0.4, 0.5) is 5.69 Å². The molecular weight excluding hydrogens is 244 g/mol. The summed E-state index contributed by atoms with van der Waals surface area (Å²) in [4.78, 5) is 3.98. The number of hydrogen-bond donors (Lipinski definition) is 2. The number of anilines is 1. The van der Waals surface area contributed by atoms with Crippen molar-refractivity contribution in [2.45, 2.75) is 0 Å². The van der Waals surface area contributed by atoms with Gasteiger partial charge in [0.25, 0.3) is 0 Å². The van der Waals surface area contributed by atoms with Gasteiger partial charge in [-0.1, -0.05) is 24.3 Å². The van der Waals surface area contributed by atoms with E-state index >= 15 is 0 Å². The zero-order chi connectivity index (χ0) is 12.6. The van der Waals surface area contributed by atoms with Crippen LogP contribution in [0.5, 0.6) is 0 Å². The van der Waals surface area contributed by atoms with Gasteiger partial charge < -0.3 is 5.32 Å². The molecule has 2 N–H and O–H groups in total. The molecule has 2 aromatic rings. The van der Waals surface area contributed by atoms with Crippen LogP contribution in [-0.4, -0.2) is 16.3 Å². The van der Waals surface area contributed by atoms with E-state index in [4.69, 9.17) is 12.2 Å². The van der Waals surface area contributed by atoms with E-state index in [0.717, 1.165) is 11.3 Å². The van der Waals surface area contributed by atoms with Gasteiger partial charge in [-0.2, -0.15) is 5.10 Å². The molecule has 1 aromatic carbocycles. The second kappa shape index (κ2) is 6.46. The van der Waals surface area contributed by atoms with Gasteiger partial charge in [-0.05, 0) is 30.4 Å². The van der Waals surface area contributed by atoms with Crippen LogP contribution in [0.2, 0.25) is 0 Å². The van der Waals surface area contributed by atoms with Gasteiger partial charge in [0.05, 0.1) is 6.21 Å². The summed E-state index contributed by atoms with van der Waals surface area (Å²) in [7, 11) is 0. The molecular formula is C13H12N4S. The molecule has 1 heterocycles. The molecule has 2 rings (SSSR count). The zero-order valence-electron chi connectivity index (χ0n) is 9.58. The van der Waals surface area contributed by atoms with Crippen LogP contribution < -0.4 is 10.7 Å². The lowest BCUT2D eigenvalue weighted by Gasteiger charge is -2.05. The third-order valence-electron chi connectivity index (χ3n) is 2.10. The number of hydrazone groups is 1. The first-order valence-electron chi connectivity index (χ1n) is 5.40. The maximum absolute atomic E-state index is 5.10. The van der Waals surface area contributed by atoms with Gasteiger partial charge in [-0.3, -0.25) is 10.4 Å². The Bertz CT molecular complexity index is 525. The summed E-state index contributed by atoms with van der Waals surface area (Å²) in [6.45, 7) is 0. The Hall–Kier alpha value is -2.27. The average molecular weight is 256 g/mol. The summed E-state index contributed by atoms with van der Waals surface area (Å²) in [6.07, 6.45) is 5.09. The third kappa shape index (κ3) is 3.95. The minimum atomic E-state index is 0.446. The summed E-state index contributed by atoms with van der Waals surface area (Å²) < 4.78 is 0. The van der Waals surface area contributed by atoms with Crippen molar-refractivity contribution in [3.63, 3.8) is 0 Å². The summed E-state index contributed by atoms with van der Waals surface area (Å²) in [5.74, 6) is 0. The molecule has 0 spiro atoms. The molecule has 0 aliphatic carbocycles. The fourth-order valence-corrected chi connectivity index (χ4v) is 1.47. The highest BCUT2D eigenvalue weighted by Gasteiger charge is 1.93. The van der Waals surface area contributed by atoms with Crippen LogP contribution >= 0.6 is 12.2 Å². The van der Waals surface area contributed by atoms with Gasteiger partial charge in [0.1, 0.15) is 0 Å². The Morgan fingerprint density at radius 3 is 2.72 bits per heavy atom. The van der Waals surface area contributed by atoms with Crippen molar-refractivity contribution in [3.05, 3.63) is 60.4 Å². The van der Waals surface area contributed by atoms with Crippen LogP contribution in [0.3, 0.4) is 0 Å². The van der Waals surface area contributed by atoms with Gasteiger partial charge in [0, 0.05) is 23.6 Å². The summed E-state index contributed by atoms with van der Waals surface area (Å²) in [5.41, 5.74) is 4.57. The van der Waals surface area contributed by atoms with E-state index in [1.165, 1.54) is 0 Å². The number of benzene rings is 1. The Kier molecular flexibility index (Phi) is 4.38. The Morgan fingerprint density at radius 2 is 2.00 bits per heavy atom. The number of para-hydroxylation sites is 1. The summed E-state index contributed by atoms with van der Waals surface area (Å²) >= 11 is 5.10. The van der Waals surface area contributed by atoms with E-state index < -0.39 is 0 Å². The van der Waals surface area contributed by atoms with Crippen molar-refractivity contribution in [1.29, 1.82) is 0 Å². The Morgan fingerprint density at radius 1 is 1.17 bits per heavy atom. The molecule has 18 heavy (non-hydrogen) atoms. The number of pyridine rings is 1. The molecule has 0 radical (unpaired) electrons. The van der Waals surface area contributed by atoms with Gasteiger partial charge in [-0.25, -0.2) is 0 Å². The summed E-state index contributed by atoms with van der Waals surface area (Å²) in [6, 6.07) is 13.4. The molecule has 0 saturated heterocycles. The third-order valence-corrected chi connectivity index (χ3v) is 2.29. The van der Waals surface area contributed by atoms with E-state index in [1.54, 1.807) is 18.6 Å². The quantitative estimate of drug-likeness (QED) is 0.503. The smallest absolute Gasteiger partial charge is 0.191 e. The minimum absolute atomic E-state index is 0.446. The lowest BCUT2D eigenvalue weighted by Crippen LogP contribution is -2.23. The van der Waals surface area contributed by atoms with Crippen LogP contribution in [0.15, 0.2) is 60.0 Å².